The van der Waals surface area contributed by atoms with Gasteiger partial charge in [0.1, 0.15) is 12.4 Å². The standard InChI is InChI=1S/C13H12FN3O2/c1-8(2)18-7-12-16-13(17-19-12)10-4-3-9(6-15)5-11(10)14/h3-5,8H,7H2,1-2H3. The summed E-state index contributed by atoms with van der Waals surface area (Å²) in [6, 6.07) is 5.94. The summed E-state index contributed by atoms with van der Waals surface area (Å²) in [5.41, 5.74) is 0.437. The van der Waals surface area contributed by atoms with E-state index in [2.05, 4.69) is 10.1 Å². The van der Waals surface area contributed by atoms with E-state index in [1.165, 1.54) is 12.1 Å². The fourth-order valence-electron chi connectivity index (χ4n) is 1.43. The molecule has 1 aromatic heterocycles. The Morgan fingerprint density at radius 3 is 2.89 bits per heavy atom. The van der Waals surface area contributed by atoms with E-state index >= 15 is 0 Å². The minimum absolute atomic E-state index is 0.0435. The zero-order valence-electron chi connectivity index (χ0n) is 10.6. The molecule has 0 fully saturated rings. The number of hydrogen-bond donors (Lipinski definition) is 0. The average molecular weight is 261 g/mol. The Hall–Kier alpha value is -2.26. The molecule has 0 saturated carbocycles. The van der Waals surface area contributed by atoms with Crippen LogP contribution in [-0.4, -0.2) is 16.2 Å². The van der Waals surface area contributed by atoms with Gasteiger partial charge in [-0.1, -0.05) is 5.16 Å². The maximum Gasteiger partial charge on any atom is 0.252 e. The third-order valence-corrected chi connectivity index (χ3v) is 2.35. The average Bonchev–Trinajstić information content (AvgIpc) is 2.84. The molecule has 0 atom stereocenters. The van der Waals surface area contributed by atoms with Crippen LogP contribution >= 0.6 is 0 Å². The molecular formula is C13H12FN3O2. The van der Waals surface area contributed by atoms with E-state index in [0.29, 0.717) is 0 Å². The van der Waals surface area contributed by atoms with E-state index in [1.54, 1.807) is 0 Å². The quantitative estimate of drug-likeness (QED) is 0.846. The molecule has 0 saturated heterocycles. The minimum atomic E-state index is -0.559. The lowest BCUT2D eigenvalue weighted by molar-refractivity contribution is 0.0485. The normalized spacial score (nSPS) is 10.7. The largest absolute Gasteiger partial charge is 0.369 e. The molecule has 0 aliphatic carbocycles. The van der Waals surface area contributed by atoms with Crippen LogP contribution in [0.4, 0.5) is 4.39 Å². The maximum atomic E-state index is 13.7. The van der Waals surface area contributed by atoms with Crippen molar-refractivity contribution in [2.75, 3.05) is 0 Å². The van der Waals surface area contributed by atoms with Crippen molar-refractivity contribution in [2.24, 2.45) is 0 Å². The van der Waals surface area contributed by atoms with Crippen LogP contribution in [0.1, 0.15) is 25.3 Å². The van der Waals surface area contributed by atoms with E-state index < -0.39 is 5.82 Å². The van der Waals surface area contributed by atoms with E-state index in [4.69, 9.17) is 14.5 Å². The predicted molar refractivity (Wildman–Crippen MR) is 64.3 cm³/mol. The van der Waals surface area contributed by atoms with Crippen LogP contribution in [-0.2, 0) is 11.3 Å². The van der Waals surface area contributed by atoms with Gasteiger partial charge in [0, 0.05) is 0 Å². The van der Waals surface area contributed by atoms with Gasteiger partial charge in [-0.15, -0.1) is 0 Å². The molecule has 0 aliphatic heterocycles. The van der Waals surface area contributed by atoms with Crippen LogP contribution in [0.15, 0.2) is 22.7 Å². The third kappa shape index (κ3) is 3.14. The van der Waals surface area contributed by atoms with Crippen LogP contribution in [0, 0.1) is 17.1 Å². The smallest absolute Gasteiger partial charge is 0.252 e. The summed E-state index contributed by atoms with van der Waals surface area (Å²) >= 11 is 0. The molecule has 0 aliphatic rings. The first-order valence-corrected chi connectivity index (χ1v) is 5.74. The molecular weight excluding hydrogens is 249 g/mol. The van der Waals surface area contributed by atoms with Crippen molar-refractivity contribution in [1.82, 2.24) is 10.1 Å². The summed E-state index contributed by atoms with van der Waals surface area (Å²) in [6.45, 7) is 3.96. The first kappa shape index (κ1) is 13.2. The summed E-state index contributed by atoms with van der Waals surface area (Å²) in [5.74, 6) is -0.131. The summed E-state index contributed by atoms with van der Waals surface area (Å²) < 4.78 is 24.0. The molecule has 0 unspecified atom stereocenters. The SMILES string of the molecule is CC(C)OCc1nc(-c2ccc(C#N)cc2F)no1. The van der Waals surface area contributed by atoms with Crippen LogP contribution in [0.25, 0.3) is 11.4 Å². The van der Waals surface area contributed by atoms with Gasteiger partial charge in [0.05, 0.1) is 23.3 Å². The van der Waals surface area contributed by atoms with Crippen molar-refractivity contribution in [1.29, 1.82) is 5.26 Å². The molecule has 0 radical (unpaired) electrons. The lowest BCUT2D eigenvalue weighted by atomic mass is 10.1. The van der Waals surface area contributed by atoms with Crippen molar-refractivity contribution < 1.29 is 13.7 Å². The number of ether oxygens (including phenoxy) is 1. The lowest BCUT2D eigenvalue weighted by Crippen LogP contribution is -2.02. The van der Waals surface area contributed by atoms with Gasteiger partial charge in [-0.3, -0.25) is 0 Å². The molecule has 0 bridgehead atoms. The van der Waals surface area contributed by atoms with Gasteiger partial charge < -0.3 is 9.26 Å². The van der Waals surface area contributed by atoms with E-state index in [-0.39, 0.29) is 35.6 Å². The Bertz CT molecular complexity index is 617. The number of aromatic nitrogens is 2. The molecule has 2 aromatic rings. The van der Waals surface area contributed by atoms with Crippen molar-refractivity contribution in [3.05, 3.63) is 35.5 Å². The Balaban J connectivity index is 2.21. The third-order valence-electron chi connectivity index (χ3n) is 2.35. The number of nitriles is 1. The summed E-state index contributed by atoms with van der Waals surface area (Å²) in [5, 5.41) is 12.4. The van der Waals surface area contributed by atoms with Gasteiger partial charge in [0.2, 0.25) is 5.82 Å². The monoisotopic (exact) mass is 261 g/mol. The molecule has 6 heteroatoms. The van der Waals surface area contributed by atoms with Crippen LogP contribution in [0.5, 0.6) is 0 Å². The Morgan fingerprint density at radius 1 is 1.47 bits per heavy atom. The highest BCUT2D eigenvalue weighted by Crippen LogP contribution is 2.21. The molecule has 1 heterocycles. The minimum Gasteiger partial charge on any atom is -0.369 e. The van der Waals surface area contributed by atoms with Crippen molar-refractivity contribution >= 4 is 0 Å². The van der Waals surface area contributed by atoms with Gasteiger partial charge in [-0.2, -0.15) is 10.2 Å². The summed E-state index contributed by atoms with van der Waals surface area (Å²) in [4.78, 5) is 4.04. The van der Waals surface area contributed by atoms with Gasteiger partial charge in [0.25, 0.3) is 5.89 Å². The number of rotatable bonds is 4. The summed E-state index contributed by atoms with van der Waals surface area (Å²) in [6.07, 6.45) is 0.0435. The van der Waals surface area contributed by atoms with E-state index in [9.17, 15) is 4.39 Å². The highest BCUT2D eigenvalue weighted by atomic mass is 19.1. The molecule has 1 aromatic carbocycles. The first-order chi connectivity index (χ1) is 9.10. The second-order valence-corrected chi connectivity index (χ2v) is 4.18. The summed E-state index contributed by atoms with van der Waals surface area (Å²) in [7, 11) is 0. The highest BCUT2D eigenvalue weighted by Gasteiger charge is 2.13. The number of halogens is 1. The first-order valence-electron chi connectivity index (χ1n) is 5.74. The Morgan fingerprint density at radius 2 is 2.26 bits per heavy atom. The zero-order valence-corrected chi connectivity index (χ0v) is 10.6. The van der Waals surface area contributed by atoms with Crippen LogP contribution in [0.3, 0.4) is 0 Å². The zero-order chi connectivity index (χ0) is 13.8. The van der Waals surface area contributed by atoms with Crippen molar-refractivity contribution in [3.8, 4) is 17.5 Å². The van der Waals surface area contributed by atoms with Gasteiger partial charge in [-0.25, -0.2) is 4.39 Å². The second kappa shape index (κ2) is 5.59. The molecule has 0 amide bonds. The van der Waals surface area contributed by atoms with E-state index in [1.807, 2.05) is 19.9 Å². The fraction of sp³-hybridized carbons (Fsp3) is 0.308. The molecule has 0 N–H and O–H groups in total. The van der Waals surface area contributed by atoms with Crippen molar-refractivity contribution in [2.45, 2.75) is 26.6 Å². The highest BCUT2D eigenvalue weighted by molar-refractivity contribution is 5.56. The topological polar surface area (TPSA) is 71.9 Å². The number of benzene rings is 1. The fourth-order valence-corrected chi connectivity index (χ4v) is 1.43. The van der Waals surface area contributed by atoms with Crippen LogP contribution < -0.4 is 0 Å². The predicted octanol–water partition coefficient (Wildman–Crippen LogP) is 2.67. The van der Waals surface area contributed by atoms with Gasteiger partial charge in [0.15, 0.2) is 0 Å². The number of nitrogens with zero attached hydrogens (tertiary/aromatic N) is 3. The van der Waals surface area contributed by atoms with Gasteiger partial charge >= 0.3 is 0 Å². The number of hydrogen-bond acceptors (Lipinski definition) is 5. The maximum absolute atomic E-state index is 13.7. The molecule has 19 heavy (non-hydrogen) atoms. The van der Waals surface area contributed by atoms with Gasteiger partial charge in [-0.05, 0) is 32.0 Å². The second-order valence-electron chi connectivity index (χ2n) is 4.18. The lowest BCUT2D eigenvalue weighted by Gasteiger charge is -2.02. The Kier molecular flexibility index (Phi) is 3.88. The molecule has 0 spiro atoms. The van der Waals surface area contributed by atoms with Crippen molar-refractivity contribution in [3.63, 3.8) is 0 Å². The molecule has 5 nitrogen and oxygen atoms in total. The molecule has 2 rings (SSSR count). The molecule has 98 valence electrons. The van der Waals surface area contributed by atoms with Crippen LogP contribution in [0.2, 0.25) is 0 Å². The Labute approximate surface area is 109 Å². The van der Waals surface area contributed by atoms with E-state index in [0.717, 1.165) is 6.07 Å².